The molecule has 8 heterocycles. The summed E-state index contributed by atoms with van der Waals surface area (Å²) in [6.45, 7) is 11.4. The average molecular weight is 961 g/mol. The van der Waals surface area contributed by atoms with Crippen LogP contribution in [-0.4, -0.2) is 161 Å². The van der Waals surface area contributed by atoms with Crippen LogP contribution in [0.2, 0.25) is 0 Å². The number of carbonyl (C=O) groups excluding carboxylic acids is 1. The van der Waals surface area contributed by atoms with Gasteiger partial charge in [-0.3, -0.25) is 24.6 Å². The first kappa shape index (κ1) is 47.5. The summed E-state index contributed by atoms with van der Waals surface area (Å²) in [7, 11) is 0. The highest BCUT2D eigenvalue weighted by atomic mass is 19.3. The quantitative estimate of drug-likeness (QED) is 0.0903. The van der Waals surface area contributed by atoms with Crippen molar-refractivity contribution in [3.63, 3.8) is 0 Å². The fourth-order valence-corrected chi connectivity index (χ4v) is 10.3. The van der Waals surface area contributed by atoms with Crippen LogP contribution in [0, 0.1) is 11.8 Å². The van der Waals surface area contributed by atoms with E-state index < -0.39 is 23.7 Å². The van der Waals surface area contributed by atoms with E-state index in [-0.39, 0.29) is 56.9 Å². The van der Waals surface area contributed by atoms with Gasteiger partial charge in [-0.15, -0.1) is 0 Å². The molecular formula is C51H60F4N14O. The van der Waals surface area contributed by atoms with Crippen molar-refractivity contribution in [2.75, 3.05) is 112 Å². The minimum atomic E-state index is -2.76. The normalized spacial score (nSPS) is 21.9. The van der Waals surface area contributed by atoms with Crippen LogP contribution >= 0.6 is 0 Å². The molecule has 368 valence electrons. The number of piperazine rings is 2. The molecule has 4 atom stereocenters. The maximum atomic E-state index is 14.6. The Morgan fingerprint density at radius 3 is 1.37 bits per heavy atom. The molecule has 2 aromatic carbocycles. The number of aromatic nitrogens is 6. The van der Waals surface area contributed by atoms with Gasteiger partial charge in [0, 0.05) is 152 Å². The zero-order valence-corrected chi connectivity index (χ0v) is 39.6. The molecular weight excluding hydrogens is 901 g/mol. The molecule has 15 nitrogen and oxygen atoms in total. The van der Waals surface area contributed by atoms with Gasteiger partial charge in [0.25, 0.3) is 11.8 Å². The molecule has 0 spiro atoms. The Hall–Kier alpha value is -6.15. The fraction of sp³-hybridized carbons (Fsp3) is 0.471. The van der Waals surface area contributed by atoms with Crippen LogP contribution in [0.1, 0.15) is 26.7 Å². The number of Topliss-reactive ketones (excluding diaryl/α,β-unsaturated/α-hetero) is 1. The van der Waals surface area contributed by atoms with Gasteiger partial charge in [-0.2, -0.15) is 0 Å². The summed E-state index contributed by atoms with van der Waals surface area (Å²) in [4.78, 5) is 50.8. The van der Waals surface area contributed by atoms with Crippen molar-refractivity contribution in [3.05, 3.63) is 85.5 Å². The van der Waals surface area contributed by atoms with E-state index in [2.05, 4.69) is 85.1 Å². The number of halogens is 4. The largest absolute Gasteiger partial charge is 0.369 e. The van der Waals surface area contributed by atoms with Crippen molar-refractivity contribution < 1.29 is 22.4 Å². The van der Waals surface area contributed by atoms with Crippen LogP contribution in [0.5, 0.6) is 0 Å². The van der Waals surface area contributed by atoms with Crippen LogP contribution in [0.4, 0.5) is 40.6 Å². The second-order valence-electron chi connectivity index (χ2n) is 19.0. The SMILES string of the molecule is C[C@@H](C(=O)[C@H](C)N1CCN(c2ccc(-c3cc4nccnc4c(NCC4CNCCC4(F)F)n3)cc2)CC1)N1CCN(c2ccc(-c3cc4nccnc4c(NCC4CNCCC4(F)F)n3)cc2)CC1. The minimum absolute atomic E-state index is 0.0626. The molecule has 10 rings (SSSR count). The predicted molar refractivity (Wildman–Crippen MR) is 266 cm³/mol. The molecule has 0 aliphatic carbocycles. The number of anilines is 4. The number of piperidine rings is 2. The number of nitrogens with zero attached hydrogens (tertiary/aromatic N) is 10. The molecule has 6 aromatic rings. The first-order valence-corrected chi connectivity index (χ1v) is 24.5. The monoisotopic (exact) mass is 961 g/mol. The topological polar surface area (TPSA) is 155 Å². The Balaban J connectivity index is 0.710. The van der Waals surface area contributed by atoms with Gasteiger partial charge in [0.05, 0.1) is 46.3 Å². The third-order valence-electron chi connectivity index (χ3n) is 14.8. The molecule has 19 heteroatoms. The van der Waals surface area contributed by atoms with Crippen LogP contribution in [-0.2, 0) is 4.79 Å². The lowest BCUT2D eigenvalue weighted by molar-refractivity contribution is -0.128. The Morgan fingerprint density at radius 2 is 0.986 bits per heavy atom. The average Bonchev–Trinajstić information content (AvgIpc) is 3.39. The van der Waals surface area contributed by atoms with Gasteiger partial charge in [-0.25, -0.2) is 37.5 Å². The van der Waals surface area contributed by atoms with Crippen molar-refractivity contribution in [2.45, 2.75) is 50.6 Å². The highest BCUT2D eigenvalue weighted by Crippen LogP contribution is 2.35. The molecule has 70 heavy (non-hydrogen) atoms. The third kappa shape index (κ3) is 10.2. The number of nitrogens with one attached hydrogen (secondary N) is 4. The Morgan fingerprint density at radius 1 is 0.600 bits per heavy atom. The Labute approximate surface area is 404 Å². The number of fused-ring (bicyclic) bond motifs is 2. The number of carbonyl (C=O) groups is 1. The van der Waals surface area contributed by atoms with Crippen molar-refractivity contribution in [2.24, 2.45) is 11.8 Å². The second kappa shape index (κ2) is 20.3. The van der Waals surface area contributed by atoms with Gasteiger partial charge in [-0.05, 0) is 50.2 Å². The van der Waals surface area contributed by atoms with E-state index in [0.29, 0.717) is 58.2 Å². The lowest BCUT2D eigenvalue weighted by atomic mass is 9.95. The zero-order chi connectivity index (χ0) is 48.4. The first-order chi connectivity index (χ1) is 33.9. The van der Waals surface area contributed by atoms with Crippen molar-refractivity contribution >= 4 is 50.9 Å². The molecule has 0 saturated carbocycles. The van der Waals surface area contributed by atoms with Crippen molar-refractivity contribution in [1.29, 1.82) is 0 Å². The van der Waals surface area contributed by atoms with E-state index in [0.717, 1.165) is 74.9 Å². The number of ketones is 1. The lowest BCUT2D eigenvalue weighted by Crippen LogP contribution is -2.57. The van der Waals surface area contributed by atoms with E-state index >= 15 is 0 Å². The number of pyridine rings is 2. The molecule has 0 bridgehead atoms. The zero-order valence-electron chi connectivity index (χ0n) is 39.6. The summed E-state index contributed by atoms with van der Waals surface area (Å²) >= 11 is 0. The summed E-state index contributed by atoms with van der Waals surface area (Å²) in [6.07, 6.45) is 6.01. The Bertz CT molecular complexity index is 2580. The summed E-state index contributed by atoms with van der Waals surface area (Å²) in [5.41, 5.74) is 7.62. The number of rotatable bonds is 14. The summed E-state index contributed by atoms with van der Waals surface area (Å²) < 4.78 is 58.5. The van der Waals surface area contributed by atoms with Crippen LogP contribution in [0.25, 0.3) is 44.6 Å². The molecule has 2 unspecified atom stereocenters. The van der Waals surface area contributed by atoms with E-state index in [1.165, 1.54) is 0 Å². The summed E-state index contributed by atoms with van der Waals surface area (Å²) in [6, 6.07) is 19.7. The number of benzene rings is 2. The van der Waals surface area contributed by atoms with Gasteiger partial charge in [0.1, 0.15) is 11.0 Å². The lowest BCUT2D eigenvalue weighted by Gasteiger charge is -2.42. The maximum Gasteiger partial charge on any atom is 0.255 e. The maximum absolute atomic E-state index is 14.6. The van der Waals surface area contributed by atoms with E-state index in [1.807, 2.05) is 50.2 Å². The standard InChI is InChI=1S/C51H60F4N14O/c1-33(66-19-23-68(24-20-66)39-7-3-35(4-8-39)41-27-43-45(60-17-15-58-43)48(64-41)62-31-37-29-56-13-11-50(37,52)53)47(70)34(2)67-21-25-69(26-22-67)40-9-5-36(6-10-40)42-28-44-46(61-18-16-59-44)49(65-42)63-32-38-30-57-14-12-51(38,54)55/h3-10,15-18,27-28,33-34,37-38,56-57H,11-14,19-26,29-32H2,1-2H3,(H,62,64)(H,63,65)/t33-,34-,37?,38?/m0/s1. The Kier molecular flexibility index (Phi) is 13.8. The van der Waals surface area contributed by atoms with Gasteiger partial charge < -0.3 is 31.1 Å². The van der Waals surface area contributed by atoms with Gasteiger partial charge in [0.15, 0.2) is 17.4 Å². The molecule has 0 radical (unpaired) electrons. The van der Waals surface area contributed by atoms with Crippen LogP contribution in [0.3, 0.4) is 0 Å². The molecule has 4 N–H and O–H groups in total. The van der Waals surface area contributed by atoms with Gasteiger partial charge in [0.2, 0.25) is 0 Å². The number of hydrogen-bond donors (Lipinski definition) is 4. The highest BCUT2D eigenvalue weighted by molar-refractivity contribution is 5.90. The van der Waals surface area contributed by atoms with E-state index in [9.17, 15) is 22.4 Å². The predicted octanol–water partition coefficient (Wildman–Crippen LogP) is 6.30. The molecule has 4 fully saturated rings. The van der Waals surface area contributed by atoms with E-state index in [1.54, 1.807) is 24.8 Å². The molecule has 0 amide bonds. The van der Waals surface area contributed by atoms with Crippen LogP contribution in [0.15, 0.2) is 85.5 Å². The molecule has 4 aliphatic rings. The smallest absolute Gasteiger partial charge is 0.255 e. The number of alkyl halides is 4. The first-order valence-electron chi connectivity index (χ1n) is 24.5. The summed E-state index contributed by atoms with van der Waals surface area (Å²) in [5.74, 6) is -6.13. The second-order valence-corrected chi connectivity index (χ2v) is 19.0. The fourth-order valence-electron chi connectivity index (χ4n) is 10.3. The highest BCUT2D eigenvalue weighted by Gasteiger charge is 2.42. The van der Waals surface area contributed by atoms with Gasteiger partial charge >= 0.3 is 0 Å². The van der Waals surface area contributed by atoms with E-state index in [4.69, 9.17) is 9.97 Å². The number of hydrogen-bond acceptors (Lipinski definition) is 15. The minimum Gasteiger partial charge on any atom is -0.369 e. The van der Waals surface area contributed by atoms with Gasteiger partial charge in [-0.1, -0.05) is 24.3 Å². The summed E-state index contributed by atoms with van der Waals surface area (Å²) in [5, 5.41) is 12.5. The molecule has 4 saturated heterocycles. The van der Waals surface area contributed by atoms with Crippen molar-refractivity contribution in [3.8, 4) is 22.5 Å². The molecule has 4 aromatic heterocycles. The van der Waals surface area contributed by atoms with Crippen molar-refractivity contribution in [1.82, 2.24) is 50.3 Å². The third-order valence-corrected chi connectivity index (χ3v) is 14.8. The van der Waals surface area contributed by atoms with Crippen LogP contribution < -0.4 is 31.1 Å². The molecule has 4 aliphatic heterocycles.